The van der Waals surface area contributed by atoms with Gasteiger partial charge in [0.25, 0.3) is 0 Å². The second-order valence-corrected chi connectivity index (χ2v) is 4.78. The molecule has 1 aromatic heterocycles. The first-order valence-electron chi connectivity index (χ1n) is 5.87. The molecule has 5 nitrogen and oxygen atoms in total. The number of rotatable bonds is 4. The van der Waals surface area contributed by atoms with Crippen LogP contribution >= 0.6 is 11.6 Å². The lowest BCUT2D eigenvalue weighted by atomic mass is 10.1. The number of aliphatic hydroxyl groups excluding tert-OH is 1. The second-order valence-electron chi connectivity index (χ2n) is 4.35. The molecule has 2 rings (SSSR count). The van der Waals surface area contributed by atoms with Crippen LogP contribution in [0, 0.1) is 5.92 Å². The zero-order chi connectivity index (χ0) is 12.1. The van der Waals surface area contributed by atoms with E-state index in [9.17, 15) is 5.11 Å². The van der Waals surface area contributed by atoms with Gasteiger partial charge in [-0.2, -0.15) is 5.10 Å². The van der Waals surface area contributed by atoms with Crippen molar-refractivity contribution >= 4 is 11.6 Å². The smallest absolute Gasteiger partial charge is 0.0785 e. The quantitative estimate of drug-likeness (QED) is 0.855. The van der Waals surface area contributed by atoms with E-state index in [1.807, 2.05) is 10.9 Å². The number of aromatic nitrogens is 2. The van der Waals surface area contributed by atoms with Gasteiger partial charge in [0, 0.05) is 38.4 Å². The van der Waals surface area contributed by atoms with Crippen LogP contribution in [0.25, 0.3) is 0 Å². The highest BCUT2D eigenvalue weighted by Gasteiger charge is 2.17. The van der Waals surface area contributed by atoms with E-state index >= 15 is 0 Å². The van der Waals surface area contributed by atoms with Crippen LogP contribution < -0.4 is 0 Å². The normalized spacial score (nSPS) is 22.6. The highest BCUT2D eigenvalue weighted by Crippen LogP contribution is 2.08. The van der Waals surface area contributed by atoms with Gasteiger partial charge in [-0.3, -0.25) is 9.58 Å². The highest BCUT2D eigenvalue weighted by atomic mass is 35.5. The Morgan fingerprint density at radius 1 is 1.53 bits per heavy atom. The Morgan fingerprint density at radius 2 is 2.41 bits per heavy atom. The Balaban J connectivity index is 1.81. The maximum Gasteiger partial charge on any atom is 0.0785 e. The first kappa shape index (κ1) is 12.8. The molecule has 0 radical (unpaired) electrons. The van der Waals surface area contributed by atoms with Crippen LogP contribution in [-0.4, -0.2) is 59.2 Å². The van der Waals surface area contributed by atoms with Crippen LogP contribution in [0.15, 0.2) is 12.4 Å². The molecule has 1 aliphatic rings. The van der Waals surface area contributed by atoms with Gasteiger partial charge >= 0.3 is 0 Å². The summed E-state index contributed by atoms with van der Waals surface area (Å²) in [5.41, 5.74) is 0. The van der Waals surface area contributed by atoms with Gasteiger partial charge in [-0.05, 0) is 0 Å². The van der Waals surface area contributed by atoms with Crippen molar-refractivity contribution in [2.45, 2.75) is 6.54 Å². The van der Waals surface area contributed by atoms with Gasteiger partial charge in [0.15, 0.2) is 0 Å². The third-order valence-corrected chi connectivity index (χ3v) is 3.12. The Hall–Kier alpha value is -0.620. The molecule has 17 heavy (non-hydrogen) atoms. The minimum absolute atomic E-state index is 0.185. The second kappa shape index (κ2) is 6.35. The monoisotopic (exact) mass is 259 g/mol. The Bertz CT molecular complexity index is 345. The average molecular weight is 260 g/mol. The van der Waals surface area contributed by atoms with E-state index < -0.39 is 0 Å². The molecule has 0 amide bonds. The van der Waals surface area contributed by atoms with Crippen molar-refractivity contribution < 1.29 is 9.84 Å². The van der Waals surface area contributed by atoms with E-state index in [2.05, 4.69) is 10.00 Å². The number of hydrogen-bond donors (Lipinski definition) is 1. The molecule has 0 bridgehead atoms. The topological polar surface area (TPSA) is 50.5 Å². The molecule has 1 atom stereocenters. The van der Waals surface area contributed by atoms with Crippen molar-refractivity contribution in [3.05, 3.63) is 17.4 Å². The van der Waals surface area contributed by atoms with Crippen molar-refractivity contribution in [1.29, 1.82) is 0 Å². The van der Waals surface area contributed by atoms with E-state index in [1.54, 1.807) is 6.20 Å². The lowest BCUT2D eigenvalue weighted by Crippen LogP contribution is -2.34. The SMILES string of the molecule is OC[C@H]1COCCN(CCn2cc(Cl)cn2)C1. The zero-order valence-electron chi connectivity index (χ0n) is 9.76. The van der Waals surface area contributed by atoms with Crippen molar-refractivity contribution in [2.24, 2.45) is 5.92 Å². The number of halogens is 1. The molecule has 1 aromatic rings. The third-order valence-electron chi connectivity index (χ3n) is 2.93. The molecule has 0 unspecified atom stereocenters. The van der Waals surface area contributed by atoms with Gasteiger partial charge in [0.05, 0.1) is 31.0 Å². The molecule has 0 aliphatic carbocycles. The lowest BCUT2D eigenvalue weighted by molar-refractivity contribution is 0.0958. The average Bonchev–Trinajstić information content (AvgIpc) is 2.62. The molecule has 1 saturated heterocycles. The summed E-state index contributed by atoms with van der Waals surface area (Å²) in [4.78, 5) is 2.30. The molecule has 96 valence electrons. The lowest BCUT2D eigenvalue weighted by Gasteiger charge is -2.21. The van der Waals surface area contributed by atoms with Gasteiger partial charge in [0.2, 0.25) is 0 Å². The van der Waals surface area contributed by atoms with Crippen molar-refractivity contribution in [3.8, 4) is 0 Å². The van der Waals surface area contributed by atoms with Crippen LogP contribution in [0.5, 0.6) is 0 Å². The third kappa shape index (κ3) is 3.96. The summed E-state index contributed by atoms with van der Waals surface area (Å²) in [6.07, 6.45) is 3.46. The number of hydrogen-bond acceptors (Lipinski definition) is 4. The minimum atomic E-state index is 0.185. The van der Waals surface area contributed by atoms with E-state index in [4.69, 9.17) is 16.3 Å². The molecule has 0 spiro atoms. The number of nitrogens with zero attached hydrogens (tertiary/aromatic N) is 3. The van der Waals surface area contributed by atoms with Crippen LogP contribution in [-0.2, 0) is 11.3 Å². The molecule has 2 heterocycles. The van der Waals surface area contributed by atoms with E-state index in [0.29, 0.717) is 11.6 Å². The first-order valence-corrected chi connectivity index (χ1v) is 6.24. The molecule has 1 aliphatic heterocycles. The fourth-order valence-electron chi connectivity index (χ4n) is 1.97. The predicted octanol–water partition coefficient (Wildman–Crippen LogP) is 0.477. The molecular formula is C11H18ClN3O2. The van der Waals surface area contributed by atoms with Crippen LogP contribution in [0.4, 0.5) is 0 Å². The van der Waals surface area contributed by atoms with Gasteiger partial charge in [-0.15, -0.1) is 0 Å². The van der Waals surface area contributed by atoms with Crippen molar-refractivity contribution in [2.75, 3.05) is 39.5 Å². The zero-order valence-corrected chi connectivity index (χ0v) is 10.5. The first-order chi connectivity index (χ1) is 8.28. The van der Waals surface area contributed by atoms with E-state index in [1.165, 1.54) is 0 Å². The van der Waals surface area contributed by atoms with Crippen LogP contribution in [0.2, 0.25) is 5.02 Å². The van der Waals surface area contributed by atoms with Crippen LogP contribution in [0.1, 0.15) is 0 Å². The van der Waals surface area contributed by atoms with Crippen molar-refractivity contribution in [3.63, 3.8) is 0 Å². The van der Waals surface area contributed by atoms with Gasteiger partial charge < -0.3 is 9.84 Å². The fraction of sp³-hybridized carbons (Fsp3) is 0.727. The van der Waals surface area contributed by atoms with Gasteiger partial charge in [0.1, 0.15) is 0 Å². The van der Waals surface area contributed by atoms with E-state index in [0.717, 1.165) is 32.8 Å². The standard InChI is InChI=1S/C11H18ClN3O2/c12-11-5-13-15(7-11)2-1-14-3-4-17-9-10(6-14)8-16/h5,7,10,16H,1-4,6,8-9H2/t10-/m0/s1. The summed E-state index contributed by atoms with van der Waals surface area (Å²) in [7, 11) is 0. The summed E-state index contributed by atoms with van der Waals surface area (Å²) >= 11 is 5.80. The molecule has 1 fully saturated rings. The number of aliphatic hydroxyl groups is 1. The van der Waals surface area contributed by atoms with Crippen molar-refractivity contribution in [1.82, 2.24) is 14.7 Å². The predicted molar refractivity (Wildman–Crippen MR) is 65.1 cm³/mol. The summed E-state index contributed by atoms with van der Waals surface area (Å²) < 4.78 is 7.27. The minimum Gasteiger partial charge on any atom is -0.396 e. The molecule has 0 saturated carbocycles. The summed E-state index contributed by atoms with van der Waals surface area (Å²) in [5.74, 6) is 0.221. The van der Waals surface area contributed by atoms with Gasteiger partial charge in [-0.1, -0.05) is 11.6 Å². The Morgan fingerprint density at radius 3 is 3.12 bits per heavy atom. The summed E-state index contributed by atoms with van der Waals surface area (Å²) in [5, 5.41) is 14.0. The summed E-state index contributed by atoms with van der Waals surface area (Å²) in [6.45, 7) is 5.07. The largest absolute Gasteiger partial charge is 0.396 e. The molecule has 1 N–H and O–H groups in total. The Labute approximate surface area is 106 Å². The molecule has 0 aromatic carbocycles. The summed E-state index contributed by atoms with van der Waals surface area (Å²) in [6, 6.07) is 0. The molecular weight excluding hydrogens is 242 g/mol. The van der Waals surface area contributed by atoms with E-state index in [-0.39, 0.29) is 12.5 Å². The van der Waals surface area contributed by atoms with Crippen LogP contribution in [0.3, 0.4) is 0 Å². The number of ether oxygens (including phenoxy) is 1. The van der Waals surface area contributed by atoms with Gasteiger partial charge in [-0.25, -0.2) is 0 Å². The maximum atomic E-state index is 9.18. The molecule has 6 heteroatoms. The fourth-order valence-corrected chi connectivity index (χ4v) is 2.13. The highest BCUT2D eigenvalue weighted by molar-refractivity contribution is 6.30. The maximum absolute atomic E-state index is 9.18. The Kier molecular flexibility index (Phi) is 4.79.